The summed E-state index contributed by atoms with van der Waals surface area (Å²) in [6.07, 6.45) is 12.1. The zero-order chi connectivity index (χ0) is 39.4. The number of benzene rings is 7. The summed E-state index contributed by atoms with van der Waals surface area (Å²) in [5.41, 5.74) is 20.2. The summed E-state index contributed by atoms with van der Waals surface area (Å²) >= 11 is 0. The number of aromatic nitrogens is 1. The minimum absolute atomic E-state index is 0.120. The van der Waals surface area contributed by atoms with Crippen molar-refractivity contribution >= 4 is 56.7 Å². The first-order valence-electron chi connectivity index (χ1n) is 21.0. The van der Waals surface area contributed by atoms with Crippen LogP contribution in [0, 0.1) is 0 Å². The van der Waals surface area contributed by atoms with Crippen molar-refractivity contribution in [2.24, 2.45) is 9.98 Å². The molecule has 8 aromatic rings. The lowest BCUT2D eigenvalue weighted by molar-refractivity contribution is 0.661. The van der Waals surface area contributed by atoms with Gasteiger partial charge in [-0.1, -0.05) is 123 Å². The summed E-state index contributed by atoms with van der Waals surface area (Å²) < 4.78 is 2.55. The molecule has 0 fully saturated rings. The van der Waals surface area contributed by atoms with Crippen LogP contribution < -0.4 is 0 Å². The lowest BCUT2D eigenvalue weighted by atomic mass is 9.81. The van der Waals surface area contributed by atoms with Gasteiger partial charge in [-0.2, -0.15) is 0 Å². The maximum Gasteiger partial charge on any atom is 0.0748 e. The van der Waals surface area contributed by atoms with Crippen molar-refractivity contribution in [2.45, 2.75) is 51.0 Å². The standard InChI is InChI=1S/C56H43N3/c1-56(2)49-30-38(36-21-19-34(20-22-36)33-58-51-17-8-6-14-46(51)54(57-3)39-24-23-35-11-4-5-12-37(35)27-39)25-26-42(49)47-28-41-32-53-48(29-40(41)31-50(47)56)45-16-10-15-44-43-13-7-9-18-52(43)59(53)55(44)45/h4-5,7-13,16-32,44H,3,6,14-15,33H2,1-2H3/b54-46-,58-51?. The molecule has 3 nitrogen and oxygen atoms in total. The minimum Gasteiger partial charge on any atom is -0.312 e. The van der Waals surface area contributed by atoms with Crippen molar-refractivity contribution in [3.05, 3.63) is 196 Å². The first kappa shape index (κ1) is 34.2. The van der Waals surface area contributed by atoms with Gasteiger partial charge in [-0.15, -0.1) is 0 Å². The van der Waals surface area contributed by atoms with Crippen LogP contribution in [0.1, 0.15) is 78.1 Å². The molecule has 0 saturated heterocycles. The number of aliphatic imine (C=N–C) groups is 2. The van der Waals surface area contributed by atoms with E-state index in [0.717, 1.165) is 41.8 Å². The van der Waals surface area contributed by atoms with E-state index in [0.29, 0.717) is 12.5 Å². The van der Waals surface area contributed by atoms with Crippen molar-refractivity contribution in [3.8, 4) is 27.9 Å². The van der Waals surface area contributed by atoms with Crippen LogP contribution in [0.4, 0.5) is 0 Å². The van der Waals surface area contributed by atoms with Crippen LogP contribution in [0.25, 0.3) is 72.2 Å². The normalized spacial score (nSPS) is 18.3. The van der Waals surface area contributed by atoms with E-state index in [1.807, 2.05) is 0 Å². The van der Waals surface area contributed by atoms with E-state index in [9.17, 15) is 0 Å². The zero-order valence-corrected chi connectivity index (χ0v) is 33.5. The average molecular weight is 758 g/mol. The Labute approximate surface area is 345 Å². The van der Waals surface area contributed by atoms with Crippen molar-refractivity contribution in [1.29, 1.82) is 0 Å². The van der Waals surface area contributed by atoms with E-state index < -0.39 is 0 Å². The molecular weight excluding hydrogens is 715 g/mol. The number of nitrogens with zero attached hydrogens (tertiary/aromatic N) is 3. The largest absolute Gasteiger partial charge is 0.312 e. The number of para-hydroxylation sites is 1. The molecule has 4 aliphatic rings. The van der Waals surface area contributed by atoms with E-state index in [1.165, 1.54) is 93.9 Å². The van der Waals surface area contributed by atoms with Gasteiger partial charge in [0.05, 0.1) is 23.5 Å². The monoisotopic (exact) mass is 757 g/mol. The molecule has 1 atom stereocenters. The summed E-state index contributed by atoms with van der Waals surface area (Å²) in [6, 6.07) is 49.9. The van der Waals surface area contributed by atoms with Crippen LogP contribution in [0.2, 0.25) is 0 Å². The Hall–Kier alpha value is -6.84. The highest BCUT2D eigenvalue weighted by Crippen LogP contribution is 2.53. The molecule has 0 bridgehead atoms. The molecule has 1 aliphatic heterocycles. The van der Waals surface area contributed by atoms with Crippen molar-refractivity contribution in [1.82, 2.24) is 4.57 Å². The number of hydrogen-bond donors (Lipinski definition) is 0. The summed E-state index contributed by atoms with van der Waals surface area (Å²) in [4.78, 5) is 9.69. The molecule has 1 unspecified atom stereocenters. The third-order valence-corrected chi connectivity index (χ3v) is 13.7. The second kappa shape index (κ2) is 12.8. The van der Waals surface area contributed by atoms with Gasteiger partial charge in [0.25, 0.3) is 0 Å². The molecule has 59 heavy (non-hydrogen) atoms. The molecule has 3 aliphatic carbocycles. The van der Waals surface area contributed by atoms with Gasteiger partial charge < -0.3 is 4.57 Å². The fourth-order valence-corrected chi connectivity index (χ4v) is 10.7. The Bertz CT molecular complexity index is 3250. The van der Waals surface area contributed by atoms with Crippen LogP contribution in [0.3, 0.4) is 0 Å². The molecule has 282 valence electrons. The Morgan fingerprint density at radius 2 is 1.51 bits per heavy atom. The Kier molecular flexibility index (Phi) is 7.44. The lowest BCUT2D eigenvalue weighted by Gasteiger charge is -2.22. The molecule has 0 amide bonds. The lowest BCUT2D eigenvalue weighted by Crippen LogP contribution is -2.15. The van der Waals surface area contributed by atoms with Gasteiger partial charge in [0.15, 0.2) is 0 Å². The third kappa shape index (κ3) is 5.14. The first-order chi connectivity index (χ1) is 28.9. The van der Waals surface area contributed by atoms with E-state index in [1.54, 1.807) is 0 Å². The molecule has 7 aromatic carbocycles. The molecule has 2 heterocycles. The van der Waals surface area contributed by atoms with Crippen LogP contribution in [-0.2, 0) is 12.0 Å². The average Bonchev–Trinajstić information content (AvgIpc) is 3.87. The van der Waals surface area contributed by atoms with Crippen molar-refractivity contribution in [3.63, 3.8) is 0 Å². The summed E-state index contributed by atoms with van der Waals surface area (Å²) in [5, 5.41) is 6.41. The maximum absolute atomic E-state index is 5.14. The van der Waals surface area contributed by atoms with Crippen LogP contribution in [-0.4, -0.2) is 17.0 Å². The van der Waals surface area contributed by atoms with Gasteiger partial charge in [0.2, 0.25) is 0 Å². The van der Waals surface area contributed by atoms with Crippen LogP contribution in [0.5, 0.6) is 0 Å². The minimum atomic E-state index is -0.120. The van der Waals surface area contributed by atoms with Crippen LogP contribution >= 0.6 is 0 Å². The first-order valence-corrected chi connectivity index (χ1v) is 21.0. The molecule has 1 aromatic heterocycles. The maximum atomic E-state index is 5.14. The molecule has 3 heteroatoms. The molecule has 0 spiro atoms. The Morgan fingerprint density at radius 1 is 0.712 bits per heavy atom. The SMILES string of the molecule is C=N/C(=C1/CCC=CC1=NCc1ccc(-c2ccc3c(c2)C(C)(C)c2cc4cc5c6c7n(c5cc4cc2-3)-c2ccccc2C7CC=C6)cc1)c1ccc2ccccc2c1. The molecule has 0 saturated carbocycles. The summed E-state index contributed by atoms with van der Waals surface area (Å²) in [6.45, 7) is 9.38. The molecule has 0 radical (unpaired) electrons. The topological polar surface area (TPSA) is 29.6 Å². The van der Waals surface area contributed by atoms with Gasteiger partial charge in [-0.3, -0.25) is 9.98 Å². The highest BCUT2D eigenvalue weighted by atomic mass is 15.0. The molecular formula is C56H43N3. The van der Waals surface area contributed by atoms with Gasteiger partial charge in [-0.25, -0.2) is 0 Å². The molecule has 0 N–H and O–H groups in total. The van der Waals surface area contributed by atoms with Gasteiger partial charge in [0.1, 0.15) is 0 Å². The Balaban J connectivity index is 0.855. The summed E-state index contributed by atoms with van der Waals surface area (Å²) in [5.74, 6) is 0.442. The molecule has 12 rings (SSSR count). The van der Waals surface area contributed by atoms with Crippen molar-refractivity contribution < 1.29 is 0 Å². The second-order valence-electron chi connectivity index (χ2n) is 17.3. The Morgan fingerprint density at radius 3 is 2.39 bits per heavy atom. The van der Waals surface area contributed by atoms with Gasteiger partial charge >= 0.3 is 0 Å². The van der Waals surface area contributed by atoms with Gasteiger partial charge in [-0.05, 0) is 141 Å². The fraction of sp³-hybridized carbons (Fsp3) is 0.143. The van der Waals surface area contributed by atoms with E-state index in [4.69, 9.17) is 4.99 Å². The predicted molar refractivity (Wildman–Crippen MR) is 249 cm³/mol. The highest BCUT2D eigenvalue weighted by Gasteiger charge is 2.37. The third-order valence-electron chi connectivity index (χ3n) is 13.7. The van der Waals surface area contributed by atoms with E-state index >= 15 is 0 Å². The van der Waals surface area contributed by atoms with E-state index in [-0.39, 0.29) is 5.41 Å². The second-order valence-corrected chi connectivity index (χ2v) is 17.3. The van der Waals surface area contributed by atoms with E-state index in [2.05, 4.69) is 188 Å². The van der Waals surface area contributed by atoms with Crippen LogP contribution in [0.15, 0.2) is 167 Å². The van der Waals surface area contributed by atoms with Gasteiger partial charge in [0, 0.05) is 44.8 Å². The van der Waals surface area contributed by atoms with Crippen molar-refractivity contribution in [2.75, 3.05) is 0 Å². The fourth-order valence-electron chi connectivity index (χ4n) is 10.7. The number of rotatable bonds is 5. The number of allylic oxidation sites excluding steroid dienone is 4. The highest BCUT2D eigenvalue weighted by molar-refractivity contribution is 6.14. The quantitative estimate of drug-likeness (QED) is 0.157. The zero-order valence-electron chi connectivity index (χ0n) is 33.5. The summed E-state index contributed by atoms with van der Waals surface area (Å²) in [7, 11) is 0. The predicted octanol–water partition coefficient (Wildman–Crippen LogP) is 14.2. The number of hydrogen-bond acceptors (Lipinski definition) is 2. The smallest absolute Gasteiger partial charge is 0.0748 e. The number of fused-ring (bicyclic) bond motifs is 11.